The number of carbonyl (C=O) groups is 1. The van der Waals surface area contributed by atoms with Crippen LogP contribution in [0.2, 0.25) is 5.02 Å². The molecular weight excluding hydrogens is 280 g/mol. The average molecular weight is 293 g/mol. The molecule has 0 unspecified atom stereocenters. The highest BCUT2D eigenvalue weighted by Crippen LogP contribution is 2.23. The van der Waals surface area contributed by atoms with E-state index in [2.05, 4.69) is 9.46 Å². The van der Waals surface area contributed by atoms with Crippen molar-refractivity contribution in [3.05, 3.63) is 23.2 Å². The second-order valence-corrected chi connectivity index (χ2v) is 5.56. The van der Waals surface area contributed by atoms with E-state index in [1.165, 1.54) is 18.2 Å². The number of benzene rings is 1. The smallest absolute Gasteiger partial charge is 0.323 e. The van der Waals surface area contributed by atoms with Gasteiger partial charge in [-0.05, 0) is 25.1 Å². The summed E-state index contributed by atoms with van der Waals surface area (Å²) in [6.07, 6.45) is 0. The van der Waals surface area contributed by atoms with Crippen LogP contribution < -0.4 is 10.5 Å². The molecule has 0 aromatic heterocycles. The second kappa shape index (κ2) is 5.92. The van der Waals surface area contributed by atoms with Gasteiger partial charge in [0.15, 0.2) is 5.75 Å². The van der Waals surface area contributed by atoms with Crippen molar-refractivity contribution in [2.75, 3.05) is 22.8 Å². The van der Waals surface area contributed by atoms with Gasteiger partial charge in [0.25, 0.3) is 0 Å². The Morgan fingerprint density at radius 1 is 1.50 bits per heavy atom. The molecule has 0 heterocycles. The Hall–Kier alpha value is -1.47. The van der Waals surface area contributed by atoms with E-state index in [1.54, 1.807) is 6.92 Å². The third-order valence-corrected chi connectivity index (χ3v) is 3.28. The zero-order valence-electron chi connectivity index (χ0n) is 9.64. The summed E-state index contributed by atoms with van der Waals surface area (Å²) in [5, 5.41) is 0.332. The number of ether oxygens (including phenoxy) is 1. The number of anilines is 2. The molecule has 0 bridgehead atoms. The first-order chi connectivity index (χ1) is 8.34. The molecular formula is C10H13ClN2O4S. The van der Waals surface area contributed by atoms with Gasteiger partial charge in [0.2, 0.25) is 10.0 Å². The summed E-state index contributed by atoms with van der Waals surface area (Å²) in [4.78, 5) is 11.1. The fraction of sp³-hybridized carbons (Fsp3) is 0.300. The zero-order valence-corrected chi connectivity index (χ0v) is 11.2. The van der Waals surface area contributed by atoms with Gasteiger partial charge in [-0.3, -0.25) is 9.52 Å². The van der Waals surface area contributed by atoms with E-state index in [0.29, 0.717) is 5.02 Å². The largest absolute Gasteiger partial charge is 0.465 e. The van der Waals surface area contributed by atoms with Gasteiger partial charge in [-0.1, -0.05) is 11.6 Å². The number of carbonyl (C=O) groups excluding carboxylic acids is 1. The van der Waals surface area contributed by atoms with Crippen LogP contribution >= 0.6 is 11.6 Å². The first-order valence-electron chi connectivity index (χ1n) is 5.05. The molecule has 0 aliphatic rings. The number of nitrogens with two attached hydrogens (primary N) is 1. The Balaban J connectivity index is 2.82. The molecule has 1 aromatic rings. The van der Waals surface area contributed by atoms with Crippen LogP contribution in [0.15, 0.2) is 18.2 Å². The van der Waals surface area contributed by atoms with Crippen LogP contribution in [0.4, 0.5) is 11.4 Å². The fourth-order valence-electron chi connectivity index (χ4n) is 1.18. The average Bonchev–Trinajstić information content (AvgIpc) is 2.22. The van der Waals surface area contributed by atoms with Crippen molar-refractivity contribution in [1.29, 1.82) is 0 Å². The summed E-state index contributed by atoms with van der Waals surface area (Å²) >= 11 is 5.72. The number of rotatable bonds is 5. The maximum atomic E-state index is 11.6. The van der Waals surface area contributed by atoms with Crippen LogP contribution in [0, 0.1) is 0 Å². The van der Waals surface area contributed by atoms with Crippen molar-refractivity contribution in [2.45, 2.75) is 6.92 Å². The molecule has 0 atom stereocenters. The van der Waals surface area contributed by atoms with Gasteiger partial charge in [-0.15, -0.1) is 0 Å². The molecule has 0 fully saturated rings. The third kappa shape index (κ3) is 4.42. The third-order valence-electron chi connectivity index (χ3n) is 1.89. The van der Waals surface area contributed by atoms with Crippen molar-refractivity contribution in [2.24, 2.45) is 0 Å². The molecule has 0 radical (unpaired) electrons. The van der Waals surface area contributed by atoms with Crippen molar-refractivity contribution in [1.82, 2.24) is 0 Å². The molecule has 100 valence electrons. The number of halogens is 1. The molecule has 0 saturated heterocycles. The minimum absolute atomic E-state index is 0.119. The Kier molecular flexibility index (Phi) is 4.80. The molecule has 1 aromatic carbocycles. The molecule has 0 aliphatic heterocycles. The lowest BCUT2D eigenvalue weighted by molar-refractivity contribution is -0.139. The molecule has 0 aliphatic carbocycles. The Morgan fingerprint density at radius 3 is 2.78 bits per heavy atom. The van der Waals surface area contributed by atoms with Crippen LogP contribution in [0.3, 0.4) is 0 Å². The van der Waals surface area contributed by atoms with Crippen LogP contribution in [0.25, 0.3) is 0 Å². The van der Waals surface area contributed by atoms with E-state index in [9.17, 15) is 13.2 Å². The minimum Gasteiger partial charge on any atom is -0.465 e. The van der Waals surface area contributed by atoms with E-state index in [1.807, 2.05) is 0 Å². The highest BCUT2D eigenvalue weighted by atomic mass is 35.5. The molecule has 3 N–H and O–H groups in total. The van der Waals surface area contributed by atoms with Gasteiger partial charge in [-0.2, -0.15) is 0 Å². The fourth-order valence-corrected chi connectivity index (χ4v) is 2.33. The Bertz CT molecular complexity index is 545. The van der Waals surface area contributed by atoms with Crippen LogP contribution in [-0.2, 0) is 19.6 Å². The second-order valence-electron chi connectivity index (χ2n) is 3.40. The van der Waals surface area contributed by atoms with E-state index in [4.69, 9.17) is 17.3 Å². The number of sulfonamides is 1. The number of hydrogen-bond donors (Lipinski definition) is 2. The topological polar surface area (TPSA) is 98.5 Å². The molecule has 0 saturated carbocycles. The summed E-state index contributed by atoms with van der Waals surface area (Å²) in [5.41, 5.74) is 5.93. The van der Waals surface area contributed by atoms with Gasteiger partial charge in [0, 0.05) is 5.02 Å². The van der Waals surface area contributed by atoms with Crippen molar-refractivity contribution in [3.8, 4) is 0 Å². The van der Waals surface area contributed by atoms with Gasteiger partial charge in [0.05, 0.1) is 18.0 Å². The summed E-state index contributed by atoms with van der Waals surface area (Å²) in [6.45, 7) is 1.71. The van der Waals surface area contributed by atoms with E-state index >= 15 is 0 Å². The number of nitrogen functional groups attached to an aromatic ring is 1. The van der Waals surface area contributed by atoms with Gasteiger partial charge >= 0.3 is 5.97 Å². The lowest BCUT2D eigenvalue weighted by Gasteiger charge is -2.10. The first kappa shape index (κ1) is 14.6. The molecule has 0 spiro atoms. The lowest BCUT2D eigenvalue weighted by atomic mass is 10.3. The highest BCUT2D eigenvalue weighted by Gasteiger charge is 2.18. The number of hydrogen-bond acceptors (Lipinski definition) is 5. The first-order valence-corrected chi connectivity index (χ1v) is 7.08. The van der Waals surface area contributed by atoms with Gasteiger partial charge in [-0.25, -0.2) is 8.42 Å². The maximum Gasteiger partial charge on any atom is 0.323 e. The van der Waals surface area contributed by atoms with Gasteiger partial charge < -0.3 is 10.5 Å². The summed E-state index contributed by atoms with van der Waals surface area (Å²) in [6, 6.07) is 4.35. The van der Waals surface area contributed by atoms with E-state index < -0.39 is 21.7 Å². The maximum absolute atomic E-state index is 11.6. The Labute approximate surface area is 110 Å². The molecule has 18 heavy (non-hydrogen) atoms. The molecule has 1 rings (SSSR count). The highest BCUT2D eigenvalue weighted by molar-refractivity contribution is 7.93. The number of nitrogens with one attached hydrogen (secondary N) is 1. The summed E-state index contributed by atoms with van der Waals surface area (Å²) in [5.74, 6) is -1.60. The lowest BCUT2D eigenvalue weighted by Crippen LogP contribution is -2.24. The summed E-state index contributed by atoms with van der Waals surface area (Å²) in [7, 11) is -3.86. The monoisotopic (exact) mass is 292 g/mol. The predicted molar refractivity (Wildman–Crippen MR) is 69.9 cm³/mol. The van der Waals surface area contributed by atoms with E-state index in [0.717, 1.165) is 0 Å². The number of esters is 1. The van der Waals surface area contributed by atoms with Crippen molar-refractivity contribution in [3.63, 3.8) is 0 Å². The van der Waals surface area contributed by atoms with Crippen LogP contribution in [0.5, 0.6) is 0 Å². The molecule has 0 amide bonds. The summed E-state index contributed by atoms with van der Waals surface area (Å²) < 4.78 is 30.0. The zero-order chi connectivity index (χ0) is 13.8. The predicted octanol–water partition coefficient (Wildman–Crippen LogP) is 1.23. The SMILES string of the molecule is CCOC(=O)CS(=O)(=O)Nc1cc(Cl)ccc1N. The van der Waals surface area contributed by atoms with Crippen molar-refractivity contribution < 1.29 is 17.9 Å². The minimum atomic E-state index is -3.86. The molecule has 6 nitrogen and oxygen atoms in total. The van der Waals surface area contributed by atoms with Crippen LogP contribution in [0.1, 0.15) is 6.92 Å². The van der Waals surface area contributed by atoms with Gasteiger partial charge in [0.1, 0.15) is 0 Å². The quantitative estimate of drug-likeness (QED) is 0.628. The standard InChI is InChI=1S/C10H13ClN2O4S/c1-2-17-10(14)6-18(15,16)13-9-5-7(11)3-4-8(9)12/h3-5,13H,2,6,12H2,1H3. The van der Waals surface area contributed by atoms with E-state index in [-0.39, 0.29) is 18.0 Å². The normalized spacial score (nSPS) is 11.0. The Morgan fingerprint density at radius 2 is 2.17 bits per heavy atom. The molecule has 8 heteroatoms. The van der Waals surface area contributed by atoms with Crippen molar-refractivity contribution >= 4 is 39.0 Å². The van der Waals surface area contributed by atoms with Crippen LogP contribution in [-0.4, -0.2) is 26.7 Å².